The summed E-state index contributed by atoms with van der Waals surface area (Å²) >= 11 is 0. The summed E-state index contributed by atoms with van der Waals surface area (Å²) in [5.41, 5.74) is 3.78. The zero-order chi connectivity index (χ0) is 39.3. The van der Waals surface area contributed by atoms with Crippen LogP contribution >= 0.6 is 7.60 Å². The van der Waals surface area contributed by atoms with Crippen LogP contribution in [-0.4, -0.2) is 41.8 Å². The van der Waals surface area contributed by atoms with Crippen molar-refractivity contribution < 1.29 is 41.6 Å². The molecule has 4 N–H and O–H groups in total. The first-order valence-electron chi connectivity index (χ1n) is 17.8. The van der Waals surface area contributed by atoms with Gasteiger partial charge in [0, 0.05) is 30.5 Å². The Bertz CT molecular complexity index is 2100. The van der Waals surface area contributed by atoms with Gasteiger partial charge in [-0.15, -0.1) is 0 Å². The monoisotopic (exact) mass is 770 g/mol. The molecule has 14 heteroatoms. The fourth-order valence-electron chi connectivity index (χ4n) is 6.70. The molecule has 0 fully saturated rings. The van der Waals surface area contributed by atoms with Crippen molar-refractivity contribution in [3.05, 3.63) is 131 Å². The Hall–Kier alpha value is -5.81. The van der Waals surface area contributed by atoms with E-state index < -0.39 is 48.6 Å². The summed E-state index contributed by atoms with van der Waals surface area (Å²) in [6.07, 6.45) is 2.77. The van der Waals surface area contributed by atoms with Crippen LogP contribution in [0.25, 0.3) is 5.57 Å². The molecule has 0 saturated heterocycles. The van der Waals surface area contributed by atoms with Gasteiger partial charge in [0.2, 0.25) is 23.6 Å². The average molecular weight is 771 g/mol. The Morgan fingerprint density at radius 3 is 2.13 bits per heavy atom. The Kier molecular flexibility index (Phi) is 11.5. The first-order chi connectivity index (χ1) is 26.3. The highest BCUT2D eigenvalue weighted by Crippen LogP contribution is 2.65. The van der Waals surface area contributed by atoms with E-state index in [1.807, 2.05) is 18.2 Å². The molecule has 2 aliphatic rings. The maximum Gasteiger partial charge on any atom is 0.504 e. The second-order valence-corrected chi connectivity index (χ2v) is 15.5. The number of hydrogen-bond donors (Lipinski definition) is 3. The summed E-state index contributed by atoms with van der Waals surface area (Å²) in [6, 6.07) is 23.6. The third-order valence-corrected chi connectivity index (χ3v) is 11.4. The Balaban J connectivity index is 1.17. The second-order valence-electron chi connectivity index (χ2n) is 13.6. The van der Waals surface area contributed by atoms with Gasteiger partial charge in [-0.2, -0.15) is 8.78 Å². The van der Waals surface area contributed by atoms with E-state index in [4.69, 9.17) is 14.8 Å². The van der Waals surface area contributed by atoms with Gasteiger partial charge < -0.3 is 25.4 Å². The highest BCUT2D eigenvalue weighted by atomic mass is 31.2. The molecular weight excluding hydrogens is 729 g/mol. The molecule has 2 aliphatic heterocycles. The molecule has 3 atom stereocenters. The molecule has 286 valence electrons. The van der Waals surface area contributed by atoms with Crippen molar-refractivity contribution in [1.82, 2.24) is 10.6 Å². The van der Waals surface area contributed by atoms with Crippen LogP contribution in [0, 0.1) is 0 Å². The largest absolute Gasteiger partial charge is 0.504 e. The van der Waals surface area contributed by atoms with Crippen LogP contribution in [0.1, 0.15) is 55.4 Å². The smallest absolute Gasteiger partial charge is 0.412 e. The number of primary amides is 1. The molecule has 4 amide bonds. The fourth-order valence-corrected chi connectivity index (χ4v) is 8.23. The summed E-state index contributed by atoms with van der Waals surface area (Å²) in [6.45, 7) is 3.38. The summed E-state index contributed by atoms with van der Waals surface area (Å²) in [7, 11) is -5.22. The molecule has 0 radical (unpaired) electrons. The summed E-state index contributed by atoms with van der Waals surface area (Å²) in [4.78, 5) is 53.6. The molecule has 0 saturated carbocycles. The van der Waals surface area contributed by atoms with E-state index >= 15 is 8.78 Å². The number of nitrogens with zero attached hydrogens (tertiary/aromatic N) is 1. The van der Waals surface area contributed by atoms with Gasteiger partial charge in [-0.25, -0.2) is 4.57 Å². The minimum Gasteiger partial charge on any atom is -0.412 e. The van der Waals surface area contributed by atoms with Gasteiger partial charge in [0.25, 0.3) is 0 Å². The maximum atomic E-state index is 16.1. The van der Waals surface area contributed by atoms with Crippen LogP contribution < -0.4 is 30.3 Å². The zero-order valence-corrected chi connectivity index (χ0v) is 31.1. The van der Waals surface area contributed by atoms with Crippen LogP contribution in [0.5, 0.6) is 11.5 Å². The van der Waals surface area contributed by atoms with Crippen LogP contribution in [0.2, 0.25) is 0 Å². The number of amides is 4. The van der Waals surface area contributed by atoms with Gasteiger partial charge >= 0.3 is 13.3 Å². The van der Waals surface area contributed by atoms with Gasteiger partial charge in [0.05, 0.1) is 5.69 Å². The van der Waals surface area contributed by atoms with Crippen molar-refractivity contribution >= 4 is 42.5 Å². The van der Waals surface area contributed by atoms with Gasteiger partial charge in [-0.1, -0.05) is 78.9 Å². The third kappa shape index (κ3) is 8.62. The molecule has 4 aromatic rings. The number of anilines is 1. The zero-order valence-electron chi connectivity index (χ0n) is 30.2. The minimum atomic E-state index is -5.22. The molecular formula is C41H41F2N4O7P. The number of carbonyl (C=O) groups excluding carboxylic acids is 4. The van der Waals surface area contributed by atoms with Gasteiger partial charge in [-0.3, -0.25) is 24.1 Å². The highest BCUT2D eigenvalue weighted by Gasteiger charge is 2.58. The number of rotatable bonds is 14. The molecule has 55 heavy (non-hydrogen) atoms. The van der Waals surface area contributed by atoms with Crippen molar-refractivity contribution in [2.24, 2.45) is 5.73 Å². The number of hydrogen-bond acceptors (Lipinski definition) is 7. The van der Waals surface area contributed by atoms with Crippen LogP contribution in [0.4, 0.5) is 14.5 Å². The van der Waals surface area contributed by atoms with E-state index in [0.29, 0.717) is 36.1 Å². The normalized spacial score (nSPS) is 17.4. The van der Waals surface area contributed by atoms with E-state index in [1.54, 1.807) is 50.2 Å². The van der Waals surface area contributed by atoms with E-state index in [2.05, 4.69) is 10.6 Å². The van der Waals surface area contributed by atoms with Crippen molar-refractivity contribution in [3.63, 3.8) is 0 Å². The van der Waals surface area contributed by atoms with Crippen LogP contribution in [0.3, 0.4) is 0 Å². The molecule has 0 aromatic heterocycles. The van der Waals surface area contributed by atoms with E-state index in [-0.39, 0.29) is 36.3 Å². The van der Waals surface area contributed by atoms with Crippen LogP contribution in [0.15, 0.2) is 109 Å². The standard InChI is InChI=1S/C41H41F2N4O7P/c1-26(28-17-20-31(21-18-28)41(42,43)55(52,53-32-12-5-3-6-13-32)54-33-14-7-4-8-15-33)24-37(49)46-34-22-19-29-10-9-11-30-25-35(47(38(29)30)40(34)51)39(50)45-27(2)16-23-36(44)48/h3-15,17-18,20-21,24,27,34-35H,16,19,22-23,25H2,1-2H3,(H2,44,48)(H,45,50)(H,46,49)/b26-24+/t27?,34-,35?/m0/s1. The summed E-state index contributed by atoms with van der Waals surface area (Å²) < 4.78 is 57.0. The number of halogens is 2. The first kappa shape index (κ1) is 38.9. The summed E-state index contributed by atoms with van der Waals surface area (Å²) in [5, 5.41) is 5.68. The van der Waals surface area contributed by atoms with Gasteiger partial charge in [0.15, 0.2) is 0 Å². The lowest BCUT2D eigenvalue weighted by Crippen LogP contribution is -2.55. The molecule has 0 bridgehead atoms. The number of carbonyl (C=O) groups is 4. The maximum absolute atomic E-state index is 16.1. The molecule has 6 rings (SSSR count). The highest BCUT2D eigenvalue weighted by molar-refractivity contribution is 7.55. The number of benzene rings is 4. The lowest BCUT2D eigenvalue weighted by Gasteiger charge is -2.28. The van der Waals surface area contributed by atoms with E-state index in [0.717, 1.165) is 23.3 Å². The van der Waals surface area contributed by atoms with E-state index in [1.165, 1.54) is 47.4 Å². The average Bonchev–Trinajstić information content (AvgIpc) is 3.50. The number of para-hydroxylation sites is 3. The number of nitrogens with one attached hydrogen (secondary N) is 2. The van der Waals surface area contributed by atoms with Crippen molar-refractivity contribution in [2.75, 3.05) is 4.90 Å². The molecule has 2 unspecified atom stereocenters. The molecule has 11 nitrogen and oxygen atoms in total. The molecule has 2 heterocycles. The Morgan fingerprint density at radius 1 is 0.927 bits per heavy atom. The SMILES string of the molecule is C/C(=C\C(=O)N[C@H]1CCc2cccc3c2N(C1=O)C(C(=O)NC(C)CCC(N)=O)C3)c1ccc(C(F)(F)P(=O)(Oc2ccccc2)Oc2ccccc2)cc1. The van der Waals surface area contributed by atoms with Crippen molar-refractivity contribution in [2.45, 2.75) is 69.7 Å². The van der Waals surface area contributed by atoms with Crippen molar-refractivity contribution in [1.29, 1.82) is 0 Å². The number of aryl methyl sites for hydroxylation is 1. The summed E-state index contributed by atoms with van der Waals surface area (Å²) in [5.74, 6) is -2.00. The predicted octanol–water partition coefficient (Wildman–Crippen LogP) is 6.65. The number of allylic oxidation sites excluding steroid dienone is 1. The predicted molar refractivity (Wildman–Crippen MR) is 203 cm³/mol. The quantitative estimate of drug-likeness (QED) is 0.0958. The number of alkyl halides is 2. The second kappa shape index (κ2) is 16.3. The number of nitrogens with two attached hydrogens (primary N) is 1. The van der Waals surface area contributed by atoms with Crippen molar-refractivity contribution in [3.8, 4) is 11.5 Å². The van der Waals surface area contributed by atoms with Crippen LogP contribution in [-0.2, 0) is 42.2 Å². The Labute approximate surface area is 317 Å². The first-order valence-corrected chi connectivity index (χ1v) is 19.4. The Morgan fingerprint density at radius 2 is 1.53 bits per heavy atom. The van der Waals surface area contributed by atoms with Gasteiger partial charge in [0.1, 0.15) is 23.6 Å². The molecule has 0 aliphatic carbocycles. The fraction of sp³-hybridized carbons (Fsp3) is 0.268. The topological polar surface area (TPSA) is 157 Å². The lowest BCUT2D eigenvalue weighted by atomic mass is 10.0. The molecule has 0 spiro atoms. The lowest BCUT2D eigenvalue weighted by molar-refractivity contribution is -0.128. The molecule has 4 aromatic carbocycles. The van der Waals surface area contributed by atoms with Gasteiger partial charge in [-0.05, 0) is 79.6 Å². The minimum absolute atomic E-state index is 0.0606. The third-order valence-electron chi connectivity index (χ3n) is 9.56. The van der Waals surface area contributed by atoms with E-state index in [9.17, 15) is 23.7 Å².